The Morgan fingerprint density at radius 3 is 2.83 bits per heavy atom. The van der Waals surface area contributed by atoms with Crippen LogP contribution < -0.4 is 5.32 Å². The first-order valence-corrected chi connectivity index (χ1v) is 7.25. The number of carbonyl (C=O) groups is 1. The lowest BCUT2D eigenvalue weighted by Gasteiger charge is -2.38. The summed E-state index contributed by atoms with van der Waals surface area (Å²) >= 11 is 0. The van der Waals surface area contributed by atoms with Crippen LogP contribution in [-0.2, 0) is 9.53 Å². The van der Waals surface area contributed by atoms with Gasteiger partial charge in [0.05, 0.1) is 19.1 Å². The minimum absolute atomic E-state index is 0.0118. The maximum absolute atomic E-state index is 12.6. The maximum Gasteiger partial charge on any atom is 0.229 e. The maximum atomic E-state index is 12.6. The Kier molecular flexibility index (Phi) is 4.62. The molecule has 18 heavy (non-hydrogen) atoms. The highest BCUT2D eigenvalue weighted by Gasteiger charge is 2.38. The van der Waals surface area contributed by atoms with E-state index < -0.39 is 0 Å². The van der Waals surface area contributed by atoms with Crippen molar-refractivity contribution in [3.8, 4) is 0 Å². The fourth-order valence-electron chi connectivity index (χ4n) is 3.07. The normalized spacial score (nSPS) is 36.9. The van der Waals surface area contributed by atoms with Gasteiger partial charge in [0.15, 0.2) is 0 Å². The fourth-order valence-corrected chi connectivity index (χ4v) is 3.07. The summed E-state index contributed by atoms with van der Waals surface area (Å²) in [6.07, 6.45) is 2.37. The molecule has 4 atom stereocenters. The van der Waals surface area contributed by atoms with Crippen molar-refractivity contribution in [2.45, 2.75) is 45.7 Å². The number of likely N-dealkylation sites (tertiary alicyclic amines) is 1. The SMILES string of the molecule is CCNC1COCC1C(=O)N1CC(C)CCC1C. The van der Waals surface area contributed by atoms with Crippen LogP contribution in [0.2, 0.25) is 0 Å². The Hall–Kier alpha value is -0.610. The van der Waals surface area contributed by atoms with Crippen molar-refractivity contribution < 1.29 is 9.53 Å². The lowest BCUT2D eigenvalue weighted by molar-refractivity contribution is -0.140. The van der Waals surface area contributed by atoms with E-state index in [1.807, 2.05) is 0 Å². The Bertz CT molecular complexity index is 296. The molecule has 4 unspecified atom stereocenters. The third kappa shape index (κ3) is 2.86. The van der Waals surface area contributed by atoms with Crippen LogP contribution in [0.3, 0.4) is 0 Å². The second-order valence-corrected chi connectivity index (χ2v) is 5.83. The summed E-state index contributed by atoms with van der Waals surface area (Å²) in [4.78, 5) is 14.7. The number of piperidine rings is 1. The van der Waals surface area contributed by atoms with E-state index in [9.17, 15) is 4.79 Å². The van der Waals surface area contributed by atoms with E-state index in [0.29, 0.717) is 25.2 Å². The minimum Gasteiger partial charge on any atom is -0.379 e. The highest BCUT2D eigenvalue weighted by Crippen LogP contribution is 2.25. The molecular weight excluding hydrogens is 228 g/mol. The number of rotatable bonds is 3. The summed E-state index contributed by atoms with van der Waals surface area (Å²) in [6.45, 7) is 9.53. The Balaban J connectivity index is 2.00. The molecular formula is C14H26N2O2. The van der Waals surface area contributed by atoms with Crippen molar-refractivity contribution in [1.29, 1.82) is 0 Å². The smallest absolute Gasteiger partial charge is 0.229 e. The van der Waals surface area contributed by atoms with Crippen LogP contribution >= 0.6 is 0 Å². The Labute approximate surface area is 110 Å². The molecule has 4 heteroatoms. The van der Waals surface area contributed by atoms with Gasteiger partial charge in [-0.25, -0.2) is 0 Å². The number of likely N-dealkylation sites (N-methyl/N-ethyl adjacent to an activating group) is 1. The second kappa shape index (κ2) is 6.02. The molecule has 0 spiro atoms. The van der Waals surface area contributed by atoms with Gasteiger partial charge in [0.25, 0.3) is 0 Å². The number of amides is 1. The largest absolute Gasteiger partial charge is 0.379 e. The molecule has 2 heterocycles. The molecule has 0 aliphatic carbocycles. The zero-order chi connectivity index (χ0) is 13.1. The van der Waals surface area contributed by atoms with Crippen LogP contribution in [0, 0.1) is 11.8 Å². The molecule has 2 rings (SSSR count). The Morgan fingerprint density at radius 2 is 2.11 bits per heavy atom. The van der Waals surface area contributed by atoms with Gasteiger partial charge in [-0.1, -0.05) is 13.8 Å². The number of hydrogen-bond donors (Lipinski definition) is 1. The van der Waals surface area contributed by atoms with Crippen molar-refractivity contribution in [1.82, 2.24) is 10.2 Å². The molecule has 0 aromatic rings. The van der Waals surface area contributed by atoms with Gasteiger partial charge >= 0.3 is 0 Å². The summed E-state index contributed by atoms with van der Waals surface area (Å²) in [5, 5.41) is 3.37. The summed E-state index contributed by atoms with van der Waals surface area (Å²) in [5.41, 5.74) is 0. The van der Waals surface area contributed by atoms with Crippen LogP contribution in [0.4, 0.5) is 0 Å². The van der Waals surface area contributed by atoms with Crippen molar-refractivity contribution in [2.75, 3.05) is 26.3 Å². The quantitative estimate of drug-likeness (QED) is 0.824. The van der Waals surface area contributed by atoms with Gasteiger partial charge in [-0.3, -0.25) is 4.79 Å². The van der Waals surface area contributed by atoms with Gasteiger partial charge in [0.2, 0.25) is 5.91 Å². The van der Waals surface area contributed by atoms with Gasteiger partial charge in [-0.05, 0) is 32.2 Å². The van der Waals surface area contributed by atoms with Crippen LogP contribution in [-0.4, -0.2) is 49.2 Å². The average molecular weight is 254 g/mol. The van der Waals surface area contributed by atoms with Crippen molar-refractivity contribution in [3.05, 3.63) is 0 Å². The first kappa shape index (κ1) is 13.8. The van der Waals surface area contributed by atoms with Crippen molar-refractivity contribution >= 4 is 5.91 Å². The standard InChI is InChI=1S/C14H26N2O2/c1-4-15-13-9-18-8-12(13)14(17)16-7-10(2)5-6-11(16)3/h10-13,15H,4-9H2,1-3H3. The first-order valence-electron chi connectivity index (χ1n) is 7.25. The lowest BCUT2D eigenvalue weighted by Crippen LogP contribution is -2.51. The van der Waals surface area contributed by atoms with Crippen LogP contribution in [0.15, 0.2) is 0 Å². The third-order valence-corrected chi connectivity index (χ3v) is 4.26. The molecule has 0 bridgehead atoms. The van der Waals surface area contributed by atoms with Gasteiger partial charge in [0.1, 0.15) is 0 Å². The summed E-state index contributed by atoms with van der Waals surface area (Å²) in [6, 6.07) is 0.587. The van der Waals surface area contributed by atoms with E-state index in [2.05, 4.69) is 31.0 Å². The molecule has 0 radical (unpaired) electrons. The van der Waals surface area contributed by atoms with E-state index in [1.54, 1.807) is 0 Å². The number of nitrogens with one attached hydrogen (secondary N) is 1. The molecule has 0 aromatic heterocycles. The predicted octanol–water partition coefficient (Wildman–Crippen LogP) is 1.26. The third-order valence-electron chi connectivity index (χ3n) is 4.26. The topological polar surface area (TPSA) is 41.6 Å². The Morgan fingerprint density at radius 1 is 1.33 bits per heavy atom. The average Bonchev–Trinajstić information content (AvgIpc) is 2.80. The molecule has 1 amide bonds. The number of ether oxygens (including phenoxy) is 1. The predicted molar refractivity (Wildman–Crippen MR) is 71.3 cm³/mol. The molecule has 104 valence electrons. The van der Waals surface area contributed by atoms with Gasteiger partial charge in [-0.2, -0.15) is 0 Å². The van der Waals surface area contributed by atoms with Crippen LogP contribution in [0.25, 0.3) is 0 Å². The molecule has 2 saturated heterocycles. The van der Waals surface area contributed by atoms with Crippen LogP contribution in [0.1, 0.15) is 33.6 Å². The number of nitrogens with zero attached hydrogens (tertiary/aromatic N) is 1. The highest BCUT2D eigenvalue weighted by atomic mass is 16.5. The lowest BCUT2D eigenvalue weighted by atomic mass is 9.92. The molecule has 0 saturated carbocycles. The summed E-state index contributed by atoms with van der Waals surface area (Å²) < 4.78 is 5.49. The van der Waals surface area contributed by atoms with E-state index in [0.717, 1.165) is 19.5 Å². The number of carbonyl (C=O) groups excluding carboxylic acids is 1. The van der Waals surface area contributed by atoms with Crippen molar-refractivity contribution in [2.24, 2.45) is 11.8 Å². The van der Waals surface area contributed by atoms with Crippen molar-refractivity contribution in [3.63, 3.8) is 0 Å². The van der Waals surface area contributed by atoms with Gasteiger partial charge in [-0.15, -0.1) is 0 Å². The zero-order valence-corrected chi connectivity index (χ0v) is 11.8. The van der Waals surface area contributed by atoms with Gasteiger partial charge < -0.3 is 15.0 Å². The molecule has 0 aromatic carbocycles. The first-order chi connectivity index (χ1) is 8.63. The minimum atomic E-state index is 0.0118. The van der Waals surface area contributed by atoms with E-state index in [-0.39, 0.29) is 17.9 Å². The van der Waals surface area contributed by atoms with Crippen LogP contribution in [0.5, 0.6) is 0 Å². The van der Waals surface area contributed by atoms with E-state index >= 15 is 0 Å². The zero-order valence-electron chi connectivity index (χ0n) is 11.8. The fraction of sp³-hybridized carbons (Fsp3) is 0.929. The number of hydrogen-bond acceptors (Lipinski definition) is 3. The molecule has 2 aliphatic heterocycles. The second-order valence-electron chi connectivity index (χ2n) is 5.83. The van der Waals surface area contributed by atoms with E-state index in [4.69, 9.17) is 4.74 Å². The highest BCUT2D eigenvalue weighted by molar-refractivity contribution is 5.80. The van der Waals surface area contributed by atoms with E-state index in [1.165, 1.54) is 6.42 Å². The molecule has 1 N–H and O–H groups in total. The summed E-state index contributed by atoms with van der Waals surface area (Å²) in [7, 11) is 0. The summed E-state index contributed by atoms with van der Waals surface area (Å²) in [5.74, 6) is 0.931. The molecule has 4 nitrogen and oxygen atoms in total. The monoisotopic (exact) mass is 254 g/mol. The van der Waals surface area contributed by atoms with Gasteiger partial charge in [0, 0.05) is 18.6 Å². The molecule has 2 fully saturated rings. The molecule has 2 aliphatic rings.